The lowest BCUT2D eigenvalue weighted by molar-refractivity contribution is 0.0384. The van der Waals surface area contributed by atoms with E-state index >= 15 is 0 Å². The van der Waals surface area contributed by atoms with Crippen molar-refractivity contribution in [3.8, 4) is 0 Å². The first-order chi connectivity index (χ1) is 18.5. The molecule has 2 unspecified atom stereocenters. The fraction of sp³-hybridized carbons (Fsp3) is 0.467. The molecule has 1 saturated heterocycles. The number of hydrogen-bond donors (Lipinski definition) is 1. The highest BCUT2D eigenvalue weighted by Gasteiger charge is 2.32. The van der Waals surface area contributed by atoms with E-state index in [1.54, 1.807) is 0 Å². The van der Waals surface area contributed by atoms with Crippen LogP contribution in [0, 0.1) is 5.92 Å². The summed E-state index contributed by atoms with van der Waals surface area (Å²) in [5, 5.41) is 14.0. The summed E-state index contributed by atoms with van der Waals surface area (Å²) in [6.07, 6.45) is 4.02. The van der Waals surface area contributed by atoms with E-state index in [9.17, 15) is 4.79 Å². The van der Waals surface area contributed by atoms with Crippen molar-refractivity contribution in [3.63, 3.8) is 0 Å². The Morgan fingerprint density at radius 3 is 2.71 bits per heavy atom. The van der Waals surface area contributed by atoms with Gasteiger partial charge in [0.15, 0.2) is 5.82 Å². The monoisotopic (exact) mass is 514 g/mol. The quantitative estimate of drug-likeness (QED) is 0.312. The summed E-state index contributed by atoms with van der Waals surface area (Å²) in [5.41, 5.74) is 4.07. The van der Waals surface area contributed by atoms with Crippen molar-refractivity contribution < 1.29 is 4.74 Å². The van der Waals surface area contributed by atoms with Gasteiger partial charge in [-0.1, -0.05) is 57.2 Å². The molecule has 2 aromatic carbocycles. The number of pyridine rings is 1. The first kappa shape index (κ1) is 26.3. The Balaban J connectivity index is 1.47. The van der Waals surface area contributed by atoms with Gasteiger partial charge in [0, 0.05) is 37.3 Å². The van der Waals surface area contributed by atoms with Crippen LogP contribution in [0.1, 0.15) is 62.2 Å². The zero-order valence-corrected chi connectivity index (χ0v) is 22.6. The van der Waals surface area contributed by atoms with E-state index in [2.05, 4.69) is 82.6 Å². The van der Waals surface area contributed by atoms with Gasteiger partial charge in [-0.05, 0) is 76.7 Å². The lowest BCUT2D eigenvalue weighted by Gasteiger charge is -2.35. The summed E-state index contributed by atoms with van der Waals surface area (Å²) in [4.78, 5) is 18.7. The SMILES string of the molecule is CCc1ccc2[nH]c(=O)c(CN(CC3CCCO3)C(c3nnnn3CCc3ccccc3)C(C)C)cc2c1. The fourth-order valence-electron chi connectivity index (χ4n) is 5.53. The van der Waals surface area contributed by atoms with E-state index in [0.29, 0.717) is 13.1 Å². The number of nitrogens with one attached hydrogen (secondary N) is 1. The topological polar surface area (TPSA) is 88.9 Å². The van der Waals surface area contributed by atoms with Crippen LogP contribution in [0.2, 0.25) is 0 Å². The molecule has 1 N–H and O–H groups in total. The maximum Gasteiger partial charge on any atom is 0.252 e. The summed E-state index contributed by atoms with van der Waals surface area (Å²) in [6, 6.07) is 18.6. The van der Waals surface area contributed by atoms with Gasteiger partial charge >= 0.3 is 0 Å². The smallest absolute Gasteiger partial charge is 0.252 e. The Kier molecular flexibility index (Phi) is 8.29. The minimum atomic E-state index is -0.0675. The molecule has 3 heterocycles. The number of rotatable bonds is 11. The zero-order chi connectivity index (χ0) is 26.5. The maximum absolute atomic E-state index is 13.2. The molecule has 0 spiro atoms. The standard InChI is InChI=1S/C30H38N6O2/c1-4-22-12-13-27-24(17-22)18-25(30(37)31-27)19-35(20-26-11-8-16-38-26)28(21(2)3)29-32-33-34-36(29)15-14-23-9-6-5-7-10-23/h5-7,9-10,12-13,17-18,21,26,28H,4,8,11,14-16,19-20H2,1-3H3,(H,31,37). The average molecular weight is 515 g/mol. The first-order valence-corrected chi connectivity index (χ1v) is 13.8. The number of tetrazole rings is 1. The third kappa shape index (κ3) is 6.03. The van der Waals surface area contributed by atoms with Gasteiger partial charge in [0.25, 0.3) is 5.56 Å². The number of H-pyrrole nitrogens is 1. The Morgan fingerprint density at radius 2 is 1.97 bits per heavy atom. The molecule has 0 amide bonds. The number of benzene rings is 2. The predicted molar refractivity (Wildman–Crippen MR) is 149 cm³/mol. The van der Waals surface area contributed by atoms with Crippen LogP contribution in [-0.4, -0.2) is 49.3 Å². The molecule has 8 heteroatoms. The second-order valence-electron chi connectivity index (χ2n) is 10.6. The summed E-state index contributed by atoms with van der Waals surface area (Å²) in [7, 11) is 0. The summed E-state index contributed by atoms with van der Waals surface area (Å²) in [5.74, 6) is 1.06. The highest BCUT2D eigenvalue weighted by molar-refractivity contribution is 5.79. The maximum atomic E-state index is 13.2. The highest BCUT2D eigenvalue weighted by Crippen LogP contribution is 2.30. The van der Waals surface area contributed by atoms with Gasteiger partial charge < -0.3 is 9.72 Å². The van der Waals surface area contributed by atoms with Crippen molar-refractivity contribution in [3.05, 3.63) is 87.5 Å². The molecule has 0 radical (unpaired) electrons. The number of aromatic nitrogens is 5. The van der Waals surface area contributed by atoms with E-state index in [1.807, 2.05) is 22.9 Å². The van der Waals surface area contributed by atoms with Gasteiger partial charge in [0.1, 0.15) is 0 Å². The van der Waals surface area contributed by atoms with Crippen LogP contribution in [-0.2, 0) is 30.7 Å². The summed E-state index contributed by atoms with van der Waals surface area (Å²) >= 11 is 0. The number of nitrogens with zero attached hydrogens (tertiary/aromatic N) is 5. The van der Waals surface area contributed by atoms with Crippen molar-refractivity contribution in [2.24, 2.45) is 5.92 Å². The van der Waals surface area contributed by atoms with Crippen LogP contribution in [0.4, 0.5) is 0 Å². The molecule has 0 aliphatic carbocycles. The normalized spacial score (nSPS) is 16.6. The molecule has 1 aliphatic heterocycles. The number of fused-ring (bicyclic) bond motifs is 1. The van der Waals surface area contributed by atoms with Crippen molar-refractivity contribution in [2.75, 3.05) is 13.2 Å². The van der Waals surface area contributed by atoms with Crippen LogP contribution >= 0.6 is 0 Å². The van der Waals surface area contributed by atoms with Crippen LogP contribution in [0.25, 0.3) is 10.9 Å². The first-order valence-electron chi connectivity index (χ1n) is 13.8. The van der Waals surface area contributed by atoms with E-state index in [1.165, 1.54) is 11.1 Å². The minimum Gasteiger partial charge on any atom is -0.377 e. The van der Waals surface area contributed by atoms with E-state index in [0.717, 1.165) is 61.1 Å². The zero-order valence-electron chi connectivity index (χ0n) is 22.6. The van der Waals surface area contributed by atoms with Crippen molar-refractivity contribution in [2.45, 2.75) is 71.7 Å². The molecule has 0 bridgehead atoms. The molecule has 5 rings (SSSR count). The van der Waals surface area contributed by atoms with E-state index in [-0.39, 0.29) is 23.6 Å². The molecule has 38 heavy (non-hydrogen) atoms. The second-order valence-corrected chi connectivity index (χ2v) is 10.6. The van der Waals surface area contributed by atoms with Crippen LogP contribution in [0.15, 0.2) is 59.4 Å². The van der Waals surface area contributed by atoms with Gasteiger partial charge in [-0.3, -0.25) is 9.69 Å². The molecular weight excluding hydrogens is 476 g/mol. The molecule has 2 aromatic heterocycles. The Labute approximate surface area is 224 Å². The van der Waals surface area contributed by atoms with Crippen LogP contribution < -0.4 is 5.56 Å². The lowest BCUT2D eigenvalue weighted by atomic mass is 9.99. The molecule has 4 aromatic rings. The van der Waals surface area contributed by atoms with Crippen molar-refractivity contribution in [1.29, 1.82) is 0 Å². The third-order valence-corrected chi connectivity index (χ3v) is 7.53. The van der Waals surface area contributed by atoms with Crippen molar-refractivity contribution in [1.82, 2.24) is 30.1 Å². The van der Waals surface area contributed by atoms with Crippen LogP contribution in [0.5, 0.6) is 0 Å². The van der Waals surface area contributed by atoms with Crippen molar-refractivity contribution >= 4 is 10.9 Å². The summed E-state index contributed by atoms with van der Waals surface area (Å²) in [6.45, 7) is 9.24. The molecule has 1 fully saturated rings. The van der Waals surface area contributed by atoms with E-state index < -0.39 is 0 Å². The second kappa shape index (κ2) is 12.0. The minimum absolute atomic E-state index is 0.0507. The largest absolute Gasteiger partial charge is 0.377 e. The van der Waals surface area contributed by atoms with Gasteiger partial charge in [0.05, 0.1) is 12.1 Å². The number of ether oxygens (including phenoxy) is 1. The molecular formula is C30H38N6O2. The molecule has 1 aliphatic rings. The molecule has 0 saturated carbocycles. The van der Waals surface area contributed by atoms with E-state index in [4.69, 9.17) is 4.74 Å². The number of hydrogen-bond acceptors (Lipinski definition) is 6. The Hall–Kier alpha value is -3.36. The van der Waals surface area contributed by atoms with Gasteiger partial charge in [-0.25, -0.2) is 4.68 Å². The average Bonchev–Trinajstić information content (AvgIpc) is 3.60. The van der Waals surface area contributed by atoms with Gasteiger partial charge in [-0.2, -0.15) is 0 Å². The Bertz CT molecular complexity index is 1390. The van der Waals surface area contributed by atoms with Crippen LogP contribution in [0.3, 0.4) is 0 Å². The van der Waals surface area contributed by atoms with Gasteiger partial charge in [0.2, 0.25) is 0 Å². The molecule has 200 valence electrons. The number of aromatic amines is 1. The summed E-state index contributed by atoms with van der Waals surface area (Å²) < 4.78 is 7.98. The third-order valence-electron chi connectivity index (χ3n) is 7.53. The Morgan fingerprint density at radius 1 is 1.13 bits per heavy atom. The fourth-order valence-corrected chi connectivity index (χ4v) is 5.53. The highest BCUT2D eigenvalue weighted by atomic mass is 16.5. The molecule has 2 atom stereocenters. The lowest BCUT2D eigenvalue weighted by Crippen LogP contribution is -2.40. The number of aryl methyl sites for hydroxylation is 3. The van der Waals surface area contributed by atoms with Gasteiger partial charge in [-0.15, -0.1) is 5.10 Å². The predicted octanol–water partition coefficient (Wildman–Crippen LogP) is 4.70. The molecule has 8 nitrogen and oxygen atoms in total.